The molecule has 1 fully saturated rings. The van der Waals surface area contributed by atoms with Crippen molar-refractivity contribution < 1.29 is 35.9 Å². The van der Waals surface area contributed by atoms with Crippen LogP contribution in [0.2, 0.25) is 0 Å². The number of carbonyl (C=O) groups is 2. The average molecular weight is 556 g/mol. The van der Waals surface area contributed by atoms with Crippen LogP contribution < -0.4 is 5.32 Å². The second kappa shape index (κ2) is 12.7. The quantitative estimate of drug-likeness (QED) is 0.424. The lowest BCUT2D eigenvalue weighted by Crippen LogP contribution is -2.56. The van der Waals surface area contributed by atoms with Gasteiger partial charge in [-0.2, -0.15) is 26.3 Å². The Morgan fingerprint density at radius 1 is 0.923 bits per heavy atom. The van der Waals surface area contributed by atoms with Gasteiger partial charge in [-0.05, 0) is 29.7 Å². The van der Waals surface area contributed by atoms with E-state index in [1.54, 1.807) is 18.7 Å². The number of nitrogens with zero attached hydrogens (tertiary/aromatic N) is 2. The molecule has 0 spiro atoms. The monoisotopic (exact) mass is 555 g/mol. The van der Waals surface area contributed by atoms with Gasteiger partial charge < -0.3 is 10.2 Å². The Balaban J connectivity index is 1.69. The average Bonchev–Trinajstić information content (AvgIpc) is 2.90. The summed E-state index contributed by atoms with van der Waals surface area (Å²) in [6.07, 6.45) is -5.68. The number of hydrogen-bond acceptors (Lipinski definition) is 3. The summed E-state index contributed by atoms with van der Waals surface area (Å²) in [5.74, 6) is -1.99. The fraction of sp³-hybridized carbons (Fsp3) is 0.429. The molecule has 1 aliphatic heterocycles. The van der Waals surface area contributed by atoms with Gasteiger partial charge in [-0.25, -0.2) is 0 Å². The van der Waals surface area contributed by atoms with Crippen molar-refractivity contribution in [3.63, 3.8) is 0 Å². The predicted octanol–water partition coefficient (Wildman–Crippen LogP) is 5.73. The van der Waals surface area contributed by atoms with Crippen molar-refractivity contribution in [3.05, 3.63) is 76.9 Å². The maximum Gasteiger partial charge on any atom is 0.416 e. The fourth-order valence-electron chi connectivity index (χ4n) is 4.24. The molecule has 2 aromatic rings. The van der Waals surface area contributed by atoms with Crippen LogP contribution in [-0.4, -0.2) is 60.4 Å². The van der Waals surface area contributed by atoms with Gasteiger partial charge in [0.25, 0.3) is 5.91 Å². The van der Waals surface area contributed by atoms with E-state index in [2.05, 4.69) is 10.2 Å². The van der Waals surface area contributed by atoms with Gasteiger partial charge in [0.2, 0.25) is 5.91 Å². The summed E-state index contributed by atoms with van der Waals surface area (Å²) in [7, 11) is 0. The van der Waals surface area contributed by atoms with Crippen LogP contribution in [0.4, 0.5) is 26.3 Å². The van der Waals surface area contributed by atoms with Crippen molar-refractivity contribution >= 4 is 17.9 Å². The van der Waals surface area contributed by atoms with Gasteiger partial charge in [0.1, 0.15) is 6.04 Å². The minimum atomic E-state index is -5.09. The first kappa shape index (κ1) is 30.2. The van der Waals surface area contributed by atoms with Gasteiger partial charge in [-0.3, -0.25) is 14.5 Å². The summed E-state index contributed by atoms with van der Waals surface area (Å²) < 4.78 is 79.5. The molecule has 2 unspecified atom stereocenters. The molecule has 11 heteroatoms. The Morgan fingerprint density at radius 2 is 1.49 bits per heavy atom. The minimum absolute atomic E-state index is 0.0391. The molecule has 5 nitrogen and oxygen atoms in total. The third kappa shape index (κ3) is 8.32. The highest BCUT2D eigenvalue weighted by atomic mass is 19.4. The van der Waals surface area contributed by atoms with E-state index in [0.717, 1.165) is 5.56 Å². The Morgan fingerprint density at radius 3 is 2.00 bits per heavy atom. The topological polar surface area (TPSA) is 52.7 Å². The lowest BCUT2D eigenvalue weighted by atomic mass is 9.96. The van der Waals surface area contributed by atoms with Crippen molar-refractivity contribution in [2.45, 2.75) is 38.7 Å². The van der Waals surface area contributed by atoms with Gasteiger partial charge in [-0.1, -0.05) is 62.8 Å². The second-order valence-electron chi connectivity index (χ2n) is 9.57. The van der Waals surface area contributed by atoms with E-state index in [1.807, 2.05) is 42.5 Å². The molecule has 0 radical (unpaired) electrons. The molecule has 3 rings (SSSR count). The third-order valence-corrected chi connectivity index (χ3v) is 6.77. The second-order valence-corrected chi connectivity index (χ2v) is 9.57. The molecule has 2 atom stereocenters. The van der Waals surface area contributed by atoms with Crippen molar-refractivity contribution in [2.75, 3.05) is 32.7 Å². The molecule has 0 bridgehead atoms. The van der Waals surface area contributed by atoms with E-state index < -0.39 is 52.8 Å². The van der Waals surface area contributed by atoms with Crippen LogP contribution in [0, 0.1) is 5.92 Å². The zero-order chi connectivity index (χ0) is 28.8. The van der Waals surface area contributed by atoms with E-state index in [9.17, 15) is 35.9 Å². The molecule has 1 N–H and O–H groups in total. The highest BCUT2D eigenvalue weighted by Crippen LogP contribution is 2.36. The number of alkyl halides is 6. The summed E-state index contributed by atoms with van der Waals surface area (Å²) in [6, 6.07) is 9.38. The van der Waals surface area contributed by atoms with Crippen LogP contribution in [-0.2, 0) is 17.1 Å². The summed E-state index contributed by atoms with van der Waals surface area (Å²) in [5, 5.41) is 2.41. The lowest BCUT2D eigenvalue weighted by Gasteiger charge is -2.37. The highest BCUT2D eigenvalue weighted by molar-refractivity contribution is 5.98. The van der Waals surface area contributed by atoms with Crippen LogP contribution >= 0.6 is 0 Å². The summed E-state index contributed by atoms with van der Waals surface area (Å²) in [5.41, 5.74) is -2.92. The molecule has 2 aromatic carbocycles. The van der Waals surface area contributed by atoms with Crippen molar-refractivity contribution in [1.82, 2.24) is 15.1 Å². The maximum absolute atomic E-state index is 13.3. The number of halogens is 6. The van der Waals surface area contributed by atoms with Gasteiger partial charge in [0.05, 0.1) is 11.1 Å². The number of benzene rings is 2. The standard InChI is InChI=1S/C28H31F6N3O2/c1-3-19(2)24(35-25(38)21-16-22(27(29,30)31)18-23(17-21)28(32,33)34)26(39)37-14-12-36(13-15-37)11-7-10-20-8-5-4-6-9-20/h4-10,16-19,24H,3,11-15H2,1-2H3,(H,35,38)/b10-7+. The Labute approximate surface area is 223 Å². The molecule has 1 saturated heterocycles. The summed E-state index contributed by atoms with van der Waals surface area (Å²) >= 11 is 0. The minimum Gasteiger partial charge on any atom is -0.340 e. The smallest absolute Gasteiger partial charge is 0.340 e. The number of hydrogen-bond donors (Lipinski definition) is 1. The maximum atomic E-state index is 13.3. The van der Waals surface area contributed by atoms with Crippen LogP contribution in [0.1, 0.15) is 47.3 Å². The third-order valence-electron chi connectivity index (χ3n) is 6.77. The molecule has 212 valence electrons. The van der Waals surface area contributed by atoms with E-state index >= 15 is 0 Å². The van der Waals surface area contributed by atoms with E-state index in [4.69, 9.17) is 0 Å². The molecule has 0 saturated carbocycles. The Bertz CT molecular complexity index is 1120. The van der Waals surface area contributed by atoms with Crippen molar-refractivity contribution in [3.8, 4) is 0 Å². The first-order valence-corrected chi connectivity index (χ1v) is 12.6. The Kier molecular flexibility index (Phi) is 9.82. The normalized spacial score (nSPS) is 16.8. The zero-order valence-corrected chi connectivity index (χ0v) is 21.6. The van der Waals surface area contributed by atoms with Crippen LogP contribution in [0.25, 0.3) is 6.08 Å². The molecular weight excluding hydrogens is 524 g/mol. The SMILES string of the molecule is CCC(C)C(NC(=O)c1cc(C(F)(F)F)cc(C(F)(F)F)c1)C(=O)N1CCN(C/C=C/c2ccccc2)CC1. The van der Waals surface area contributed by atoms with E-state index in [-0.39, 0.29) is 6.07 Å². The van der Waals surface area contributed by atoms with E-state index in [1.165, 1.54) is 0 Å². The van der Waals surface area contributed by atoms with Crippen molar-refractivity contribution in [2.24, 2.45) is 5.92 Å². The molecule has 0 aliphatic carbocycles. The van der Waals surface area contributed by atoms with Crippen molar-refractivity contribution in [1.29, 1.82) is 0 Å². The molecule has 1 aliphatic rings. The highest BCUT2D eigenvalue weighted by Gasteiger charge is 2.38. The molecule has 0 aromatic heterocycles. The number of carbonyl (C=O) groups excluding carboxylic acids is 2. The van der Waals surface area contributed by atoms with Crippen LogP contribution in [0.5, 0.6) is 0 Å². The van der Waals surface area contributed by atoms with Gasteiger partial charge in [0.15, 0.2) is 0 Å². The fourth-order valence-corrected chi connectivity index (χ4v) is 4.24. The van der Waals surface area contributed by atoms with Crippen LogP contribution in [0.3, 0.4) is 0 Å². The summed E-state index contributed by atoms with van der Waals surface area (Å²) in [4.78, 5) is 29.9. The molecule has 1 heterocycles. The molecule has 2 amide bonds. The number of piperazine rings is 1. The van der Waals surface area contributed by atoms with E-state index in [0.29, 0.717) is 51.3 Å². The predicted molar refractivity (Wildman–Crippen MR) is 136 cm³/mol. The number of nitrogens with one attached hydrogen (secondary N) is 1. The Hall–Kier alpha value is -3.34. The number of rotatable bonds is 8. The summed E-state index contributed by atoms with van der Waals surface area (Å²) in [6.45, 7) is 6.06. The molecule has 39 heavy (non-hydrogen) atoms. The number of amides is 2. The lowest BCUT2D eigenvalue weighted by molar-refractivity contribution is -0.143. The molecular formula is C28H31F6N3O2. The largest absolute Gasteiger partial charge is 0.416 e. The first-order chi connectivity index (χ1) is 18.3. The zero-order valence-electron chi connectivity index (χ0n) is 21.6. The van der Waals surface area contributed by atoms with Crippen LogP contribution in [0.15, 0.2) is 54.6 Å². The van der Waals surface area contributed by atoms with Gasteiger partial charge in [-0.15, -0.1) is 0 Å². The van der Waals surface area contributed by atoms with Gasteiger partial charge in [0, 0.05) is 38.3 Å². The van der Waals surface area contributed by atoms with Gasteiger partial charge >= 0.3 is 12.4 Å². The first-order valence-electron chi connectivity index (χ1n) is 12.6.